The molecule has 0 amide bonds. The monoisotopic (exact) mass is 229 g/mol. The second kappa shape index (κ2) is 5.16. The summed E-state index contributed by atoms with van der Waals surface area (Å²) in [5, 5.41) is 7.23. The average Bonchev–Trinajstić information content (AvgIpc) is 2.74. The summed E-state index contributed by atoms with van der Waals surface area (Å²) in [6.45, 7) is 0.479. The number of anilines is 1. The summed E-state index contributed by atoms with van der Waals surface area (Å²) < 4.78 is 1.74. The fourth-order valence-corrected chi connectivity index (χ4v) is 1.42. The van der Waals surface area contributed by atoms with Crippen molar-refractivity contribution in [3.63, 3.8) is 0 Å². The molecule has 0 aliphatic carbocycles. The summed E-state index contributed by atoms with van der Waals surface area (Å²) in [4.78, 5) is 4.21. The number of rotatable bonds is 3. The van der Waals surface area contributed by atoms with Crippen molar-refractivity contribution in [3.05, 3.63) is 48.3 Å². The Morgan fingerprint density at radius 2 is 2.12 bits per heavy atom. The molecule has 88 valence electrons. The van der Waals surface area contributed by atoms with Gasteiger partial charge in [0.15, 0.2) is 5.96 Å². The highest BCUT2D eigenvalue weighted by atomic mass is 15.3. The normalized spacial score (nSPS) is 11.5. The third-order valence-corrected chi connectivity index (χ3v) is 2.23. The molecule has 1 aromatic heterocycles. The lowest BCUT2D eigenvalue weighted by Gasteiger charge is -2.04. The lowest BCUT2D eigenvalue weighted by molar-refractivity contribution is 0.743. The van der Waals surface area contributed by atoms with Gasteiger partial charge in [0.2, 0.25) is 0 Å². The quantitative estimate of drug-likeness (QED) is 0.616. The predicted octanol–water partition coefficient (Wildman–Crippen LogP) is 1.35. The predicted molar refractivity (Wildman–Crippen MR) is 68.6 cm³/mol. The van der Waals surface area contributed by atoms with Crippen molar-refractivity contribution in [3.8, 4) is 0 Å². The van der Waals surface area contributed by atoms with E-state index in [1.54, 1.807) is 4.68 Å². The SMILES string of the molecule is Cn1ccc(CN=C(N)Nc2ccccc2)n1. The van der Waals surface area contributed by atoms with Crippen molar-refractivity contribution in [2.75, 3.05) is 5.32 Å². The number of nitrogens with two attached hydrogens (primary N) is 1. The first-order chi connectivity index (χ1) is 8.24. The van der Waals surface area contributed by atoms with E-state index in [9.17, 15) is 0 Å². The van der Waals surface area contributed by atoms with Gasteiger partial charge in [-0.25, -0.2) is 4.99 Å². The molecule has 0 aliphatic rings. The van der Waals surface area contributed by atoms with Gasteiger partial charge in [0.1, 0.15) is 0 Å². The maximum Gasteiger partial charge on any atom is 0.193 e. The molecule has 5 heteroatoms. The van der Waals surface area contributed by atoms with Crippen LogP contribution in [0.3, 0.4) is 0 Å². The topological polar surface area (TPSA) is 68.2 Å². The summed E-state index contributed by atoms with van der Waals surface area (Å²) in [6, 6.07) is 11.6. The highest BCUT2D eigenvalue weighted by molar-refractivity contribution is 5.92. The highest BCUT2D eigenvalue weighted by Crippen LogP contribution is 2.04. The molecule has 0 aliphatic heterocycles. The Morgan fingerprint density at radius 3 is 2.76 bits per heavy atom. The van der Waals surface area contributed by atoms with Gasteiger partial charge in [0, 0.05) is 18.9 Å². The Morgan fingerprint density at radius 1 is 1.35 bits per heavy atom. The molecular formula is C12H15N5. The Hall–Kier alpha value is -2.30. The molecule has 0 saturated carbocycles. The number of nitrogens with zero attached hydrogens (tertiary/aromatic N) is 3. The van der Waals surface area contributed by atoms with Crippen molar-refractivity contribution in [1.29, 1.82) is 0 Å². The first-order valence-electron chi connectivity index (χ1n) is 5.34. The minimum atomic E-state index is 0.391. The van der Waals surface area contributed by atoms with Gasteiger partial charge in [-0.3, -0.25) is 4.68 Å². The summed E-state index contributed by atoms with van der Waals surface area (Å²) in [6.07, 6.45) is 1.88. The minimum Gasteiger partial charge on any atom is -0.370 e. The summed E-state index contributed by atoms with van der Waals surface area (Å²) >= 11 is 0. The van der Waals surface area contributed by atoms with Crippen LogP contribution >= 0.6 is 0 Å². The Kier molecular flexibility index (Phi) is 3.40. The van der Waals surface area contributed by atoms with Crippen molar-refractivity contribution in [1.82, 2.24) is 9.78 Å². The highest BCUT2D eigenvalue weighted by Gasteiger charge is 1.96. The maximum atomic E-state index is 5.76. The Balaban J connectivity index is 1.94. The van der Waals surface area contributed by atoms with Crippen LogP contribution in [0, 0.1) is 0 Å². The van der Waals surface area contributed by atoms with Gasteiger partial charge in [-0.1, -0.05) is 18.2 Å². The van der Waals surface area contributed by atoms with E-state index in [0.29, 0.717) is 12.5 Å². The van der Waals surface area contributed by atoms with Crippen LogP contribution in [0.15, 0.2) is 47.6 Å². The second-order valence-electron chi connectivity index (χ2n) is 3.67. The van der Waals surface area contributed by atoms with Crippen LogP contribution in [-0.4, -0.2) is 15.7 Å². The van der Waals surface area contributed by atoms with Gasteiger partial charge in [0.25, 0.3) is 0 Å². The van der Waals surface area contributed by atoms with Crippen LogP contribution in [-0.2, 0) is 13.6 Å². The average molecular weight is 229 g/mol. The molecular weight excluding hydrogens is 214 g/mol. The van der Waals surface area contributed by atoms with E-state index >= 15 is 0 Å². The van der Waals surface area contributed by atoms with Gasteiger partial charge < -0.3 is 11.1 Å². The van der Waals surface area contributed by atoms with Crippen molar-refractivity contribution >= 4 is 11.6 Å². The van der Waals surface area contributed by atoms with Gasteiger partial charge in [0.05, 0.1) is 12.2 Å². The Bertz CT molecular complexity index is 501. The zero-order valence-electron chi connectivity index (χ0n) is 9.67. The number of guanidine groups is 1. The van der Waals surface area contributed by atoms with Crippen LogP contribution in [0.2, 0.25) is 0 Å². The molecule has 2 rings (SSSR count). The number of aliphatic imine (C=N–C) groups is 1. The van der Waals surface area contributed by atoms with Crippen LogP contribution in [0.1, 0.15) is 5.69 Å². The number of aryl methyl sites for hydroxylation is 1. The van der Waals surface area contributed by atoms with Gasteiger partial charge >= 0.3 is 0 Å². The van der Waals surface area contributed by atoms with Crippen molar-refractivity contribution < 1.29 is 0 Å². The Labute approximate surface area is 100.0 Å². The fraction of sp³-hybridized carbons (Fsp3) is 0.167. The first kappa shape index (κ1) is 11.2. The lowest BCUT2D eigenvalue weighted by atomic mass is 10.3. The van der Waals surface area contributed by atoms with E-state index in [1.165, 1.54) is 0 Å². The summed E-state index contributed by atoms with van der Waals surface area (Å²) in [5.74, 6) is 0.391. The van der Waals surface area contributed by atoms with Gasteiger partial charge in [-0.15, -0.1) is 0 Å². The number of para-hydroxylation sites is 1. The zero-order valence-corrected chi connectivity index (χ0v) is 9.67. The van der Waals surface area contributed by atoms with Crippen molar-refractivity contribution in [2.24, 2.45) is 17.8 Å². The van der Waals surface area contributed by atoms with E-state index in [4.69, 9.17) is 5.73 Å². The fourth-order valence-electron chi connectivity index (χ4n) is 1.42. The molecule has 17 heavy (non-hydrogen) atoms. The van der Waals surface area contributed by atoms with E-state index in [0.717, 1.165) is 11.4 Å². The van der Waals surface area contributed by atoms with E-state index < -0.39 is 0 Å². The minimum absolute atomic E-state index is 0.391. The number of hydrogen-bond donors (Lipinski definition) is 2. The molecule has 1 aromatic carbocycles. The van der Waals surface area contributed by atoms with Crippen LogP contribution in [0.5, 0.6) is 0 Å². The standard InChI is InChI=1S/C12H15N5/c1-17-8-7-11(16-17)9-14-12(13)15-10-5-3-2-4-6-10/h2-8H,9H2,1H3,(H3,13,14,15). The van der Waals surface area contributed by atoms with Crippen LogP contribution < -0.4 is 11.1 Å². The number of nitrogens with one attached hydrogen (secondary N) is 1. The molecule has 2 aromatic rings. The molecule has 3 N–H and O–H groups in total. The largest absolute Gasteiger partial charge is 0.370 e. The van der Waals surface area contributed by atoms with Crippen molar-refractivity contribution in [2.45, 2.75) is 6.54 Å². The third-order valence-electron chi connectivity index (χ3n) is 2.23. The third kappa shape index (κ3) is 3.34. The summed E-state index contributed by atoms with van der Waals surface area (Å²) in [5.41, 5.74) is 7.58. The molecule has 5 nitrogen and oxygen atoms in total. The number of hydrogen-bond acceptors (Lipinski definition) is 2. The lowest BCUT2D eigenvalue weighted by Crippen LogP contribution is -2.22. The van der Waals surface area contributed by atoms with E-state index in [2.05, 4.69) is 15.4 Å². The van der Waals surface area contributed by atoms with E-state index in [1.807, 2.05) is 49.6 Å². The van der Waals surface area contributed by atoms with Crippen LogP contribution in [0.25, 0.3) is 0 Å². The molecule has 0 spiro atoms. The molecule has 0 bridgehead atoms. The molecule has 0 atom stereocenters. The second-order valence-corrected chi connectivity index (χ2v) is 3.67. The molecule has 0 unspecified atom stereocenters. The van der Waals surface area contributed by atoms with Gasteiger partial charge in [-0.2, -0.15) is 5.10 Å². The smallest absolute Gasteiger partial charge is 0.193 e. The van der Waals surface area contributed by atoms with E-state index in [-0.39, 0.29) is 0 Å². The first-order valence-corrected chi connectivity index (χ1v) is 5.34. The zero-order chi connectivity index (χ0) is 12.1. The van der Waals surface area contributed by atoms with Crippen LogP contribution in [0.4, 0.5) is 5.69 Å². The molecule has 0 fully saturated rings. The maximum absolute atomic E-state index is 5.76. The number of benzene rings is 1. The summed E-state index contributed by atoms with van der Waals surface area (Å²) in [7, 11) is 1.87. The molecule has 1 heterocycles. The molecule has 0 saturated heterocycles. The van der Waals surface area contributed by atoms with Gasteiger partial charge in [-0.05, 0) is 18.2 Å². The molecule has 0 radical (unpaired) electrons. The number of aromatic nitrogens is 2.